The number of para-hydroxylation sites is 2. The largest absolute Gasteiger partial charge is 0.493 e. The third-order valence-electron chi connectivity index (χ3n) is 15.6. The van der Waals surface area contributed by atoms with Gasteiger partial charge in [-0.15, -0.1) is 22.7 Å². The Morgan fingerprint density at radius 1 is 0.966 bits per heavy atom. The number of ether oxygens (including phenoxy) is 2. The molecule has 7 aromatic rings. The van der Waals surface area contributed by atoms with Gasteiger partial charge in [0.25, 0.3) is 11.8 Å². The van der Waals surface area contributed by atoms with Gasteiger partial charge in [0, 0.05) is 62.1 Å². The SMILES string of the molecule is Cc1ncsc1-c1ccc(CNC(=O)[C@@H]2C[C@@H](O)CN2C(=O)[C@@H](NC(=O)C2(F)CC2)C(C)(C)C)c(OCCCC(=O)N(C)CC#Cc2cccc(F)c2OCCCc2sc(N3CCc4cccc(C(=O)Nc5nc6ccccc6s5)c4C3)nc2C(=O)O)c1. The highest BCUT2D eigenvalue weighted by Crippen LogP contribution is 2.41. The van der Waals surface area contributed by atoms with Crippen LogP contribution in [0.15, 0.2) is 84.4 Å². The number of likely N-dealkylation sites (tertiary alicyclic amines) is 1. The summed E-state index contributed by atoms with van der Waals surface area (Å²) in [6.45, 7) is 8.05. The van der Waals surface area contributed by atoms with Crippen molar-refractivity contribution in [2.24, 2.45) is 5.41 Å². The van der Waals surface area contributed by atoms with Crippen molar-refractivity contribution in [3.05, 3.63) is 134 Å². The van der Waals surface area contributed by atoms with Gasteiger partial charge in [0.05, 0.1) is 57.7 Å². The summed E-state index contributed by atoms with van der Waals surface area (Å²) in [5, 5.41) is 30.3. The lowest BCUT2D eigenvalue weighted by Gasteiger charge is -2.35. The zero-order chi connectivity index (χ0) is 62.4. The number of rotatable bonds is 22. The van der Waals surface area contributed by atoms with Crippen LogP contribution < -0.4 is 30.3 Å². The molecule has 1 aliphatic carbocycles. The molecule has 88 heavy (non-hydrogen) atoms. The van der Waals surface area contributed by atoms with Crippen molar-refractivity contribution in [3.8, 4) is 33.8 Å². The van der Waals surface area contributed by atoms with Crippen molar-refractivity contribution in [2.75, 3.05) is 50.1 Å². The van der Waals surface area contributed by atoms with Gasteiger partial charge in [0.2, 0.25) is 17.7 Å². The second-order valence-electron chi connectivity index (χ2n) is 23.1. The molecule has 1 saturated heterocycles. The molecular weight excluding hydrogens is 1190 g/mol. The Morgan fingerprint density at radius 3 is 2.50 bits per heavy atom. The molecule has 3 atom stereocenters. The minimum atomic E-state index is -2.01. The predicted octanol–water partition coefficient (Wildman–Crippen LogP) is 9.13. The predicted molar refractivity (Wildman–Crippen MR) is 332 cm³/mol. The fraction of sp³-hybridized carbons (Fsp3) is 0.391. The van der Waals surface area contributed by atoms with Gasteiger partial charge >= 0.3 is 5.97 Å². The standard InChI is InChI=1S/C64H67F2N9O10S3/c1-37-54(86-36-68-37)40-22-23-41(33-67-57(79)47-32-42(76)34-75(47)58(80)55(63(2,3)4)71-60(83)64(66)25-26-64)48(31-40)84-29-12-21-51(77)73(5)27-10-15-39-14-9-17-45(65)53(39)85-30-11-20-50-52(59(81)82)70-62(88-50)74-28-24-38-13-8-16-43(44(38)35-74)56(78)72-61-69-46-18-6-7-19-49(46)87-61/h6-9,13-14,16-19,22-23,31,36,42,47,55,76H,11-12,20-21,24-30,32-35H2,1-5H3,(H,67,79)(H,71,83)(H,81,82)(H,69,72,78)/t42-,47+,55-/m1/s1. The second-order valence-corrected chi connectivity index (χ2v) is 26.1. The molecule has 0 bridgehead atoms. The number of aliphatic hydroxyl groups excluding tert-OH is 1. The van der Waals surface area contributed by atoms with E-state index in [9.17, 15) is 43.4 Å². The number of thiazole rings is 3. The molecule has 3 aliphatic rings. The quantitative estimate of drug-likeness (QED) is 0.0314. The fourth-order valence-electron chi connectivity index (χ4n) is 10.5. The molecule has 460 valence electrons. The molecule has 0 spiro atoms. The zero-order valence-corrected chi connectivity index (χ0v) is 51.7. The van der Waals surface area contributed by atoms with E-state index in [-0.39, 0.29) is 93.8 Å². The molecule has 5 N–H and O–H groups in total. The normalized spacial score (nSPS) is 16.2. The Labute approximate surface area is 519 Å². The number of nitrogens with one attached hydrogen (secondary N) is 3. The first-order chi connectivity index (χ1) is 42.1. The maximum Gasteiger partial charge on any atom is 0.355 e. The molecule has 24 heteroatoms. The lowest BCUT2D eigenvalue weighted by Crippen LogP contribution is -2.59. The van der Waals surface area contributed by atoms with Crippen molar-refractivity contribution in [2.45, 2.75) is 116 Å². The summed E-state index contributed by atoms with van der Waals surface area (Å²) in [7, 11) is 1.61. The third-order valence-corrected chi connectivity index (χ3v) is 18.7. The number of fused-ring (bicyclic) bond motifs is 2. The van der Waals surface area contributed by atoms with E-state index in [1.165, 1.54) is 55.9 Å². The number of halogens is 2. The van der Waals surface area contributed by atoms with Crippen LogP contribution >= 0.6 is 34.0 Å². The van der Waals surface area contributed by atoms with Crippen molar-refractivity contribution in [1.82, 2.24) is 35.4 Å². The van der Waals surface area contributed by atoms with Crippen molar-refractivity contribution < 1.29 is 57.2 Å². The van der Waals surface area contributed by atoms with E-state index in [0.717, 1.165) is 37.5 Å². The van der Waals surface area contributed by atoms with Gasteiger partial charge in [-0.3, -0.25) is 29.3 Å². The van der Waals surface area contributed by atoms with Crippen LogP contribution in [0.3, 0.4) is 0 Å². The van der Waals surface area contributed by atoms with E-state index in [4.69, 9.17) is 9.47 Å². The molecule has 4 aromatic carbocycles. The summed E-state index contributed by atoms with van der Waals surface area (Å²) >= 11 is 4.11. The average molecular weight is 1260 g/mol. The van der Waals surface area contributed by atoms with Gasteiger partial charge in [-0.25, -0.2) is 28.5 Å². The summed E-state index contributed by atoms with van der Waals surface area (Å²) in [5.41, 5.74) is 4.51. The lowest BCUT2D eigenvalue weighted by molar-refractivity contribution is -0.145. The highest BCUT2D eigenvalue weighted by molar-refractivity contribution is 7.22. The molecule has 10 rings (SSSR count). The zero-order valence-electron chi connectivity index (χ0n) is 49.2. The summed E-state index contributed by atoms with van der Waals surface area (Å²) in [6, 6.07) is 21.0. The van der Waals surface area contributed by atoms with Crippen molar-refractivity contribution in [1.29, 1.82) is 0 Å². The Kier molecular flexibility index (Phi) is 19.2. The number of carbonyl (C=O) groups excluding carboxylic acids is 5. The molecule has 0 unspecified atom stereocenters. The number of aromatic nitrogens is 3. The van der Waals surface area contributed by atoms with Crippen molar-refractivity contribution in [3.63, 3.8) is 0 Å². The van der Waals surface area contributed by atoms with E-state index in [0.29, 0.717) is 64.4 Å². The summed E-state index contributed by atoms with van der Waals surface area (Å²) in [4.78, 5) is 99.7. The first-order valence-electron chi connectivity index (χ1n) is 29.0. The highest BCUT2D eigenvalue weighted by Gasteiger charge is 2.53. The number of aromatic carboxylic acids is 1. The molecule has 1 saturated carbocycles. The molecule has 5 heterocycles. The number of amides is 5. The number of nitrogens with zero attached hydrogens (tertiary/aromatic N) is 6. The van der Waals surface area contributed by atoms with Gasteiger partial charge in [-0.05, 0) is 104 Å². The smallest absolute Gasteiger partial charge is 0.355 e. The van der Waals surface area contributed by atoms with Crippen molar-refractivity contribution >= 4 is 90.0 Å². The summed E-state index contributed by atoms with van der Waals surface area (Å²) in [6.07, 6.45) is 0.773. The number of aliphatic hydroxyl groups is 1. The topological polar surface area (TPSA) is 246 Å². The number of carboxylic acid groups (broad SMARTS) is 1. The first kappa shape index (κ1) is 62.7. The second kappa shape index (κ2) is 26.9. The number of alkyl halides is 1. The van der Waals surface area contributed by atoms with Crippen LogP contribution in [0.25, 0.3) is 20.7 Å². The molecule has 0 radical (unpaired) electrons. The van der Waals surface area contributed by atoms with E-state index in [1.807, 2.05) is 66.4 Å². The average Bonchev–Trinajstić information content (AvgIpc) is 2.17. The van der Waals surface area contributed by atoms with E-state index < -0.39 is 58.8 Å². The fourth-order valence-corrected chi connectivity index (χ4v) is 13.3. The number of carbonyl (C=O) groups is 6. The van der Waals surface area contributed by atoms with Gasteiger partial charge in [-0.1, -0.05) is 86.4 Å². The molecule has 2 aliphatic heterocycles. The lowest BCUT2D eigenvalue weighted by atomic mass is 9.85. The molecule has 3 aromatic heterocycles. The Balaban J connectivity index is 0.710. The van der Waals surface area contributed by atoms with Crippen LogP contribution in [0.5, 0.6) is 11.5 Å². The minimum Gasteiger partial charge on any atom is -0.493 e. The first-order valence-corrected chi connectivity index (χ1v) is 31.5. The van der Waals surface area contributed by atoms with Gasteiger partial charge < -0.3 is 45.0 Å². The molecule has 5 amide bonds. The number of benzene rings is 4. The van der Waals surface area contributed by atoms with Crippen LogP contribution in [0.1, 0.15) is 113 Å². The van der Waals surface area contributed by atoms with E-state index in [1.54, 1.807) is 45.5 Å². The van der Waals surface area contributed by atoms with Crippen LogP contribution in [-0.2, 0) is 45.1 Å². The van der Waals surface area contributed by atoms with E-state index >= 15 is 4.39 Å². The maximum atomic E-state index is 15.3. The van der Waals surface area contributed by atoms with E-state index in [2.05, 4.69) is 42.7 Å². The number of hydrogen-bond donors (Lipinski definition) is 5. The summed E-state index contributed by atoms with van der Waals surface area (Å²) in [5.74, 6) is 1.97. The number of anilines is 2. The number of aryl methyl sites for hydroxylation is 2. The van der Waals surface area contributed by atoms with Gasteiger partial charge in [-0.2, -0.15) is 0 Å². The van der Waals surface area contributed by atoms with Crippen LogP contribution in [0, 0.1) is 30.0 Å². The Bertz CT molecular complexity index is 3830. The van der Waals surface area contributed by atoms with Crippen LogP contribution in [0.4, 0.5) is 19.0 Å². The van der Waals surface area contributed by atoms with Gasteiger partial charge in [0.1, 0.15) is 17.8 Å². The number of hydrogen-bond acceptors (Lipinski definition) is 16. The Morgan fingerprint density at radius 2 is 1.75 bits per heavy atom. The third kappa shape index (κ3) is 14.6. The van der Waals surface area contributed by atoms with Gasteiger partial charge in [0.15, 0.2) is 33.2 Å². The highest BCUT2D eigenvalue weighted by atomic mass is 32.1. The number of carboxylic acids is 1. The maximum absolute atomic E-state index is 15.3. The number of β-amino-alcohol motifs (C(OH)–C–C–N with tert-alkyl or cyclic N) is 1. The Hall–Kier alpha value is -8.37. The monoisotopic (exact) mass is 1260 g/mol. The van der Waals surface area contributed by atoms with Crippen LogP contribution in [0.2, 0.25) is 0 Å². The minimum absolute atomic E-state index is 0.00981. The molecular formula is C64H67F2N9O10S3. The molecule has 2 fully saturated rings. The summed E-state index contributed by atoms with van der Waals surface area (Å²) < 4.78 is 43.3. The van der Waals surface area contributed by atoms with Crippen LogP contribution in [-0.4, -0.2) is 134 Å². The molecule has 19 nitrogen and oxygen atoms in total.